The van der Waals surface area contributed by atoms with E-state index in [0.29, 0.717) is 12.3 Å². The number of hydrogen-bond acceptors (Lipinski definition) is 4. The number of benzene rings is 1. The molecule has 100 valence electrons. The maximum Gasteiger partial charge on any atom is 0.1000 e. The topological polar surface area (TPSA) is 30.5 Å². The van der Waals surface area contributed by atoms with E-state index >= 15 is 0 Å². The molecule has 0 fully saturated rings. The minimum atomic E-state index is 0.304. The molecule has 0 saturated carbocycles. The van der Waals surface area contributed by atoms with Gasteiger partial charge in [-0.25, -0.2) is 0 Å². The van der Waals surface area contributed by atoms with Crippen molar-refractivity contribution >= 4 is 11.4 Å². The zero-order valence-electron chi connectivity index (χ0n) is 11.6. The van der Waals surface area contributed by atoms with Gasteiger partial charge in [-0.2, -0.15) is 0 Å². The molecule has 19 heavy (non-hydrogen) atoms. The van der Waals surface area contributed by atoms with Gasteiger partial charge in [-0.05, 0) is 38.5 Å². The Morgan fingerprint density at radius 3 is 1.74 bits per heavy atom. The highest BCUT2D eigenvalue weighted by Gasteiger charge is 2.22. The van der Waals surface area contributed by atoms with Crippen LogP contribution in [0.4, 0.5) is 11.4 Å². The number of nitrogens with zero attached hydrogens (tertiary/aromatic N) is 2. The Morgan fingerprint density at radius 2 is 1.37 bits per heavy atom. The van der Waals surface area contributed by atoms with Gasteiger partial charge in [-0.1, -0.05) is 6.07 Å². The molecule has 1 aromatic rings. The summed E-state index contributed by atoms with van der Waals surface area (Å²) in [5, 5.41) is 6.60. The summed E-state index contributed by atoms with van der Waals surface area (Å²) in [6, 6.07) is 6.46. The van der Waals surface area contributed by atoms with Gasteiger partial charge in [-0.3, -0.25) is 0 Å². The largest absolute Gasteiger partial charge is 0.370 e. The molecule has 2 aliphatic heterocycles. The molecule has 4 nitrogen and oxygen atoms in total. The Balaban J connectivity index is 1.99. The van der Waals surface area contributed by atoms with Gasteiger partial charge in [0.05, 0.1) is 12.3 Å². The van der Waals surface area contributed by atoms with Crippen molar-refractivity contribution in [1.29, 1.82) is 0 Å². The second kappa shape index (κ2) is 4.53. The summed E-state index contributed by atoms with van der Waals surface area (Å²) in [7, 11) is 0. The average molecular weight is 256 g/mol. The van der Waals surface area contributed by atoms with Gasteiger partial charge < -0.3 is 20.4 Å². The normalized spacial score (nSPS) is 24.8. The highest BCUT2D eigenvalue weighted by Crippen LogP contribution is 2.33. The fraction of sp³-hybridized carbons (Fsp3) is 0.333. The third-order valence-corrected chi connectivity index (χ3v) is 3.81. The summed E-state index contributed by atoms with van der Waals surface area (Å²) in [6.45, 7) is 6.50. The van der Waals surface area contributed by atoms with Crippen LogP contribution < -0.4 is 20.4 Å². The second-order valence-corrected chi connectivity index (χ2v) is 5.05. The molecule has 0 amide bonds. The number of nitrogens with one attached hydrogen (secondary N) is 2. The summed E-state index contributed by atoms with van der Waals surface area (Å²) >= 11 is 0. The first kappa shape index (κ1) is 12.0. The van der Waals surface area contributed by atoms with E-state index in [1.54, 1.807) is 0 Å². The molecular formula is C15H20N4. The van der Waals surface area contributed by atoms with Crippen molar-refractivity contribution in [2.24, 2.45) is 0 Å². The van der Waals surface area contributed by atoms with E-state index in [4.69, 9.17) is 0 Å². The monoisotopic (exact) mass is 256 g/mol. The van der Waals surface area contributed by atoms with Crippen LogP contribution in [0.15, 0.2) is 43.0 Å². The van der Waals surface area contributed by atoms with Crippen molar-refractivity contribution < 1.29 is 0 Å². The van der Waals surface area contributed by atoms with E-state index in [-0.39, 0.29) is 0 Å². The fourth-order valence-electron chi connectivity index (χ4n) is 2.69. The molecule has 0 spiro atoms. The van der Waals surface area contributed by atoms with Crippen molar-refractivity contribution in [3.63, 3.8) is 0 Å². The molecule has 4 heteroatoms. The van der Waals surface area contributed by atoms with E-state index in [0.717, 1.165) is 0 Å². The lowest BCUT2D eigenvalue weighted by Crippen LogP contribution is -2.34. The first-order valence-electron chi connectivity index (χ1n) is 6.70. The van der Waals surface area contributed by atoms with Gasteiger partial charge >= 0.3 is 0 Å². The van der Waals surface area contributed by atoms with Crippen molar-refractivity contribution in [3.05, 3.63) is 48.6 Å². The standard InChI is InChI=1S/C15H20N4/c1-11-14(18-9-7-16-12(18)2)5-4-6-15(11)19-10-8-17-13(19)3/h4-10,12-13,16-17H,1-3H3/t12-,13+. The predicted molar refractivity (Wildman–Crippen MR) is 79.6 cm³/mol. The number of hydrogen-bond donors (Lipinski definition) is 2. The van der Waals surface area contributed by atoms with E-state index < -0.39 is 0 Å². The fourth-order valence-corrected chi connectivity index (χ4v) is 2.69. The van der Waals surface area contributed by atoms with Crippen LogP contribution in [-0.4, -0.2) is 12.3 Å². The van der Waals surface area contributed by atoms with Crippen molar-refractivity contribution in [3.8, 4) is 0 Å². The molecule has 1 aromatic carbocycles. The van der Waals surface area contributed by atoms with Crippen LogP contribution in [-0.2, 0) is 0 Å². The van der Waals surface area contributed by atoms with E-state index in [2.05, 4.69) is 71.8 Å². The van der Waals surface area contributed by atoms with Crippen LogP contribution >= 0.6 is 0 Å². The molecular weight excluding hydrogens is 236 g/mol. The lowest BCUT2D eigenvalue weighted by atomic mass is 10.1. The molecule has 2 atom stereocenters. The van der Waals surface area contributed by atoms with Gasteiger partial charge in [-0.15, -0.1) is 0 Å². The van der Waals surface area contributed by atoms with E-state index in [9.17, 15) is 0 Å². The first-order chi connectivity index (χ1) is 9.18. The third kappa shape index (κ3) is 1.93. The molecule has 0 aliphatic carbocycles. The van der Waals surface area contributed by atoms with Gasteiger partial charge in [0.25, 0.3) is 0 Å². The van der Waals surface area contributed by atoms with Gasteiger partial charge in [0, 0.05) is 36.2 Å². The SMILES string of the molecule is Cc1c(N2C=CN[C@H]2C)cccc1N1C=CN[C@@H]1C. The van der Waals surface area contributed by atoms with Gasteiger partial charge in [0.1, 0.15) is 0 Å². The molecule has 0 bridgehead atoms. The highest BCUT2D eigenvalue weighted by atomic mass is 15.3. The van der Waals surface area contributed by atoms with Crippen LogP contribution in [0.2, 0.25) is 0 Å². The lowest BCUT2D eigenvalue weighted by molar-refractivity contribution is 0.676. The zero-order chi connectivity index (χ0) is 13.4. The molecule has 0 unspecified atom stereocenters. The molecule has 0 aromatic heterocycles. The second-order valence-electron chi connectivity index (χ2n) is 5.05. The van der Waals surface area contributed by atoms with Crippen LogP contribution in [0.5, 0.6) is 0 Å². The van der Waals surface area contributed by atoms with Crippen molar-refractivity contribution in [1.82, 2.24) is 10.6 Å². The smallest absolute Gasteiger partial charge is 0.1000 e. The lowest BCUT2D eigenvalue weighted by Gasteiger charge is -2.29. The molecule has 2 heterocycles. The predicted octanol–water partition coefficient (Wildman–Crippen LogP) is 2.45. The molecule has 0 saturated heterocycles. The molecule has 2 aliphatic rings. The van der Waals surface area contributed by atoms with Crippen molar-refractivity contribution in [2.45, 2.75) is 33.1 Å². The summed E-state index contributed by atoms with van der Waals surface area (Å²) < 4.78 is 0. The average Bonchev–Trinajstić information content (AvgIpc) is 2.99. The maximum absolute atomic E-state index is 3.30. The number of anilines is 2. The van der Waals surface area contributed by atoms with Gasteiger partial charge in [0.15, 0.2) is 0 Å². The first-order valence-corrected chi connectivity index (χ1v) is 6.70. The van der Waals surface area contributed by atoms with Crippen molar-refractivity contribution in [2.75, 3.05) is 9.80 Å². The summed E-state index contributed by atoms with van der Waals surface area (Å²) in [5.74, 6) is 0. The van der Waals surface area contributed by atoms with E-state index in [1.807, 2.05) is 12.4 Å². The summed E-state index contributed by atoms with van der Waals surface area (Å²) in [5.41, 5.74) is 3.79. The molecule has 0 radical (unpaired) electrons. The summed E-state index contributed by atoms with van der Waals surface area (Å²) in [6.07, 6.45) is 8.79. The highest BCUT2D eigenvalue weighted by molar-refractivity contribution is 5.70. The quantitative estimate of drug-likeness (QED) is 0.851. The molecule has 3 rings (SSSR count). The Kier molecular flexibility index (Phi) is 2.85. The van der Waals surface area contributed by atoms with Crippen LogP contribution in [0.3, 0.4) is 0 Å². The zero-order valence-corrected chi connectivity index (χ0v) is 11.6. The Morgan fingerprint density at radius 1 is 0.895 bits per heavy atom. The Labute approximate surface area is 114 Å². The number of rotatable bonds is 2. The minimum Gasteiger partial charge on any atom is -0.370 e. The Bertz CT molecular complexity index is 491. The van der Waals surface area contributed by atoms with Crippen LogP contribution in [0.1, 0.15) is 19.4 Å². The molecule has 2 N–H and O–H groups in total. The van der Waals surface area contributed by atoms with Gasteiger partial charge in [0.2, 0.25) is 0 Å². The maximum atomic E-state index is 3.30. The van der Waals surface area contributed by atoms with E-state index in [1.165, 1.54) is 16.9 Å². The Hall–Kier alpha value is -2.10. The summed E-state index contributed by atoms with van der Waals surface area (Å²) in [4.78, 5) is 4.52. The van der Waals surface area contributed by atoms with Crippen LogP contribution in [0, 0.1) is 6.92 Å². The minimum absolute atomic E-state index is 0.304. The third-order valence-electron chi connectivity index (χ3n) is 3.81. The van der Waals surface area contributed by atoms with Crippen LogP contribution in [0.25, 0.3) is 0 Å².